The molecule has 0 aromatic heterocycles. The Labute approximate surface area is 130 Å². The van der Waals surface area contributed by atoms with E-state index >= 15 is 0 Å². The monoisotopic (exact) mass is 295 g/mol. The predicted molar refractivity (Wildman–Crippen MR) is 89.9 cm³/mol. The van der Waals surface area contributed by atoms with Crippen LogP contribution in [0.5, 0.6) is 0 Å². The lowest BCUT2D eigenvalue weighted by Gasteiger charge is -2.12. The van der Waals surface area contributed by atoms with Gasteiger partial charge in [0.2, 0.25) is 5.91 Å². The zero-order valence-corrected chi connectivity index (χ0v) is 12.5. The lowest BCUT2D eigenvalue weighted by Crippen LogP contribution is -2.35. The van der Waals surface area contributed by atoms with Crippen LogP contribution in [0, 0.1) is 0 Å². The fraction of sp³-hybridized carbons (Fsp3) is 0.278. The summed E-state index contributed by atoms with van der Waals surface area (Å²) in [5.41, 5.74) is 3.13. The van der Waals surface area contributed by atoms with Gasteiger partial charge in [0.05, 0.1) is 6.04 Å². The van der Waals surface area contributed by atoms with Crippen LogP contribution in [0.25, 0.3) is 0 Å². The number of benzene rings is 2. The average Bonchev–Trinajstić information content (AvgIpc) is 3.10. The normalized spacial score (nSPS) is 17.2. The van der Waals surface area contributed by atoms with Crippen molar-refractivity contribution in [1.29, 1.82) is 0 Å². The van der Waals surface area contributed by atoms with E-state index in [9.17, 15) is 4.79 Å². The molecule has 1 aliphatic rings. The highest BCUT2D eigenvalue weighted by Crippen LogP contribution is 2.14. The second-order valence-corrected chi connectivity index (χ2v) is 5.55. The van der Waals surface area contributed by atoms with E-state index in [2.05, 4.69) is 16.0 Å². The minimum atomic E-state index is -0.0422. The number of carbonyl (C=O) groups is 1. The van der Waals surface area contributed by atoms with E-state index in [-0.39, 0.29) is 11.9 Å². The number of para-hydroxylation sites is 1. The van der Waals surface area contributed by atoms with E-state index in [1.807, 2.05) is 54.6 Å². The minimum absolute atomic E-state index is 0.0422. The zero-order chi connectivity index (χ0) is 15.2. The highest BCUT2D eigenvalue weighted by Gasteiger charge is 2.21. The van der Waals surface area contributed by atoms with Crippen LogP contribution in [0.15, 0.2) is 54.6 Å². The van der Waals surface area contributed by atoms with Crippen molar-refractivity contribution >= 4 is 17.3 Å². The predicted octanol–water partition coefficient (Wildman–Crippen LogP) is 2.99. The van der Waals surface area contributed by atoms with Gasteiger partial charge in [0, 0.05) is 17.9 Å². The largest absolute Gasteiger partial charge is 0.381 e. The molecule has 1 fully saturated rings. The maximum absolute atomic E-state index is 12.0. The molecule has 0 saturated carbocycles. The van der Waals surface area contributed by atoms with Crippen LogP contribution in [0.4, 0.5) is 11.4 Å². The van der Waals surface area contributed by atoms with Gasteiger partial charge >= 0.3 is 0 Å². The van der Waals surface area contributed by atoms with Crippen molar-refractivity contribution in [1.82, 2.24) is 5.32 Å². The third kappa shape index (κ3) is 3.86. The summed E-state index contributed by atoms with van der Waals surface area (Å²) in [6, 6.07) is 18.1. The molecule has 1 saturated heterocycles. The second-order valence-electron chi connectivity index (χ2n) is 5.55. The first kappa shape index (κ1) is 14.6. The summed E-state index contributed by atoms with van der Waals surface area (Å²) in [4.78, 5) is 12.0. The molecular weight excluding hydrogens is 274 g/mol. The van der Waals surface area contributed by atoms with Crippen molar-refractivity contribution < 1.29 is 4.79 Å². The second kappa shape index (κ2) is 7.09. The Morgan fingerprint density at radius 3 is 2.50 bits per heavy atom. The number of carbonyl (C=O) groups excluding carboxylic acids is 1. The molecule has 3 rings (SSSR count). The molecule has 1 unspecified atom stereocenters. The molecule has 1 aliphatic heterocycles. The van der Waals surface area contributed by atoms with E-state index in [0.717, 1.165) is 37.3 Å². The summed E-state index contributed by atoms with van der Waals surface area (Å²) >= 11 is 0. The van der Waals surface area contributed by atoms with Crippen molar-refractivity contribution in [3.8, 4) is 0 Å². The summed E-state index contributed by atoms with van der Waals surface area (Å²) in [6.45, 7) is 1.70. The molecule has 1 heterocycles. The van der Waals surface area contributed by atoms with Crippen molar-refractivity contribution in [2.24, 2.45) is 0 Å². The molecule has 0 bridgehead atoms. The van der Waals surface area contributed by atoms with Gasteiger partial charge in [-0.25, -0.2) is 0 Å². The molecule has 4 heteroatoms. The van der Waals surface area contributed by atoms with Gasteiger partial charge in [-0.05, 0) is 49.2 Å². The lowest BCUT2D eigenvalue weighted by atomic mass is 10.1. The van der Waals surface area contributed by atoms with E-state index in [0.29, 0.717) is 0 Å². The molecule has 2 aromatic rings. The standard InChI is InChI=1S/C18H21N3O/c22-18(17-7-4-12-19-17)21-16-10-8-14(9-11-16)13-20-15-5-2-1-3-6-15/h1-3,5-6,8-11,17,19-20H,4,7,12-13H2,(H,21,22). The number of rotatable bonds is 5. The highest BCUT2D eigenvalue weighted by atomic mass is 16.2. The molecule has 0 radical (unpaired) electrons. The van der Waals surface area contributed by atoms with Crippen LogP contribution in [0.3, 0.4) is 0 Å². The molecular formula is C18H21N3O. The molecule has 3 N–H and O–H groups in total. The van der Waals surface area contributed by atoms with Gasteiger partial charge < -0.3 is 16.0 Å². The highest BCUT2D eigenvalue weighted by molar-refractivity contribution is 5.95. The number of amides is 1. The Hall–Kier alpha value is -2.33. The first-order valence-electron chi connectivity index (χ1n) is 7.73. The van der Waals surface area contributed by atoms with Gasteiger partial charge in [-0.1, -0.05) is 30.3 Å². The number of hydrogen-bond acceptors (Lipinski definition) is 3. The van der Waals surface area contributed by atoms with Gasteiger partial charge in [-0.3, -0.25) is 4.79 Å². The molecule has 0 spiro atoms. The van der Waals surface area contributed by atoms with Crippen LogP contribution in [-0.4, -0.2) is 18.5 Å². The number of hydrogen-bond donors (Lipinski definition) is 3. The summed E-state index contributed by atoms with van der Waals surface area (Å²) in [6.07, 6.45) is 1.99. The van der Waals surface area contributed by atoms with E-state index in [1.54, 1.807) is 0 Å². The van der Waals surface area contributed by atoms with Gasteiger partial charge in [-0.2, -0.15) is 0 Å². The van der Waals surface area contributed by atoms with Crippen LogP contribution >= 0.6 is 0 Å². The summed E-state index contributed by atoms with van der Waals surface area (Å²) < 4.78 is 0. The van der Waals surface area contributed by atoms with Crippen molar-refractivity contribution in [2.75, 3.05) is 17.2 Å². The average molecular weight is 295 g/mol. The maximum atomic E-state index is 12.0. The molecule has 1 atom stereocenters. The summed E-state index contributed by atoms with van der Waals surface area (Å²) in [5.74, 6) is 0.0626. The minimum Gasteiger partial charge on any atom is -0.381 e. The van der Waals surface area contributed by atoms with Crippen molar-refractivity contribution in [3.05, 3.63) is 60.2 Å². The van der Waals surface area contributed by atoms with Gasteiger partial charge in [0.15, 0.2) is 0 Å². The SMILES string of the molecule is O=C(Nc1ccc(CNc2ccccc2)cc1)C1CCCN1. The van der Waals surface area contributed by atoms with E-state index < -0.39 is 0 Å². The molecule has 114 valence electrons. The van der Waals surface area contributed by atoms with Gasteiger partial charge in [0.25, 0.3) is 0 Å². The Kier molecular flexibility index (Phi) is 4.71. The molecule has 2 aromatic carbocycles. The molecule has 1 amide bonds. The third-order valence-corrected chi connectivity index (χ3v) is 3.87. The number of anilines is 2. The molecule has 22 heavy (non-hydrogen) atoms. The molecule has 0 aliphatic carbocycles. The Morgan fingerprint density at radius 1 is 1.05 bits per heavy atom. The third-order valence-electron chi connectivity index (χ3n) is 3.87. The number of nitrogens with one attached hydrogen (secondary N) is 3. The first-order chi connectivity index (χ1) is 10.8. The van der Waals surface area contributed by atoms with Crippen LogP contribution < -0.4 is 16.0 Å². The summed E-state index contributed by atoms with van der Waals surface area (Å²) in [7, 11) is 0. The zero-order valence-electron chi connectivity index (χ0n) is 12.5. The Balaban J connectivity index is 1.52. The van der Waals surface area contributed by atoms with Crippen molar-refractivity contribution in [3.63, 3.8) is 0 Å². The topological polar surface area (TPSA) is 53.2 Å². The van der Waals surface area contributed by atoms with Crippen molar-refractivity contribution in [2.45, 2.75) is 25.4 Å². The van der Waals surface area contributed by atoms with E-state index in [4.69, 9.17) is 0 Å². The Bertz CT molecular complexity index is 604. The smallest absolute Gasteiger partial charge is 0.241 e. The first-order valence-corrected chi connectivity index (χ1v) is 7.73. The van der Waals surface area contributed by atoms with Gasteiger partial charge in [0.1, 0.15) is 0 Å². The van der Waals surface area contributed by atoms with Crippen LogP contribution in [0.2, 0.25) is 0 Å². The van der Waals surface area contributed by atoms with Gasteiger partial charge in [-0.15, -0.1) is 0 Å². The molecule has 4 nitrogen and oxygen atoms in total. The summed E-state index contributed by atoms with van der Waals surface area (Å²) in [5, 5.41) is 9.54. The Morgan fingerprint density at radius 2 is 1.82 bits per heavy atom. The fourth-order valence-electron chi connectivity index (χ4n) is 2.60. The lowest BCUT2D eigenvalue weighted by molar-refractivity contribution is -0.117. The van der Waals surface area contributed by atoms with Crippen LogP contribution in [-0.2, 0) is 11.3 Å². The quantitative estimate of drug-likeness (QED) is 0.795. The van der Waals surface area contributed by atoms with E-state index in [1.165, 1.54) is 5.56 Å². The van der Waals surface area contributed by atoms with Crippen LogP contribution in [0.1, 0.15) is 18.4 Å². The fourth-order valence-corrected chi connectivity index (χ4v) is 2.60. The maximum Gasteiger partial charge on any atom is 0.241 e.